The molecule has 0 saturated carbocycles. The summed E-state index contributed by atoms with van der Waals surface area (Å²) >= 11 is 4.41. The highest BCUT2D eigenvalue weighted by Gasteiger charge is 2.16. The molecule has 1 aromatic heterocycles. The van der Waals surface area contributed by atoms with Gasteiger partial charge in [-0.05, 0) is 42.5 Å². The predicted molar refractivity (Wildman–Crippen MR) is 116 cm³/mol. The van der Waals surface area contributed by atoms with Crippen LogP contribution in [0.2, 0.25) is 0 Å². The first-order valence-corrected chi connectivity index (χ1v) is 10.4. The minimum Gasteiger partial charge on any atom is -0.497 e. The van der Waals surface area contributed by atoms with Crippen LogP contribution in [0.5, 0.6) is 5.75 Å². The Hall–Kier alpha value is -2.65. The molecule has 3 rings (SSSR count). The maximum Gasteiger partial charge on any atom is 0.234 e. The number of halogens is 2. The molecule has 0 unspecified atom stereocenters. The van der Waals surface area contributed by atoms with Crippen molar-refractivity contribution in [3.05, 3.63) is 65.4 Å². The fraction of sp³-hybridized carbons (Fsp3) is 0.150. The Labute approximate surface area is 180 Å². The van der Waals surface area contributed by atoms with Gasteiger partial charge in [0, 0.05) is 16.6 Å². The summed E-state index contributed by atoms with van der Waals surface area (Å²) in [6.45, 7) is 4.26. The molecule has 2 aromatic carbocycles. The van der Waals surface area contributed by atoms with E-state index in [-0.39, 0.29) is 17.3 Å². The van der Waals surface area contributed by atoms with Gasteiger partial charge in [0.25, 0.3) is 0 Å². The number of thioether (sulfide) groups is 1. The number of amides is 1. The van der Waals surface area contributed by atoms with Gasteiger partial charge in [0.2, 0.25) is 5.91 Å². The number of carbonyl (C=O) groups excluding carboxylic acids is 1. The fourth-order valence-corrected chi connectivity index (χ4v) is 3.63. The lowest BCUT2D eigenvalue weighted by Gasteiger charge is -2.09. The molecule has 9 heteroatoms. The second-order valence-electron chi connectivity index (χ2n) is 5.89. The van der Waals surface area contributed by atoms with Gasteiger partial charge in [-0.15, -0.1) is 16.8 Å². The van der Waals surface area contributed by atoms with E-state index in [0.29, 0.717) is 22.0 Å². The van der Waals surface area contributed by atoms with Gasteiger partial charge in [-0.2, -0.15) is 0 Å². The average Bonchev–Trinajstić information content (AvgIpc) is 3.11. The minimum atomic E-state index is -0.505. The van der Waals surface area contributed by atoms with Crippen LogP contribution in [0.4, 0.5) is 10.1 Å². The molecule has 0 saturated heterocycles. The van der Waals surface area contributed by atoms with Gasteiger partial charge in [0.05, 0.1) is 18.6 Å². The number of aromatic nitrogens is 3. The van der Waals surface area contributed by atoms with Crippen LogP contribution >= 0.6 is 27.7 Å². The average molecular weight is 477 g/mol. The molecule has 0 bridgehead atoms. The van der Waals surface area contributed by atoms with E-state index in [1.807, 2.05) is 28.8 Å². The van der Waals surface area contributed by atoms with Gasteiger partial charge < -0.3 is 10.1 Å². The van der Waals surface area contributed by atoms with Crippen molar-refractivity contribution in [1.29, 1.82) is 0 Å². The zero-order valence-corrected chi connectivity index (χ0v) is 18.0. The number of benzene rings is 2. The van der Waals surface area contributed by atoms with Crippen LogP contribution in [0, 0.1) is 5.82 Å². The normalized spacial score (nSPS) is 10.6. The topological polar surface area (TPSA) is 69.0 Å². The molecule has 1 amide bonds. The van der Waals surface area contributed by atoms with Crippen molar-refractivity contribution in [2.24, 2.45) is 0 Å². The van der Waals surface area contributed by atoms with Crippen molar-refractivity contribution < 1.29 is 13.9 Å². The number of ether oxygens (including phenoxy) is 1. The van der Waals surface area contributed by atoms with Crippen molar-refractivity contribution in [3.8, 4) is 17.1 Å². The number of hydrogen-bond acceptors (Lipinski definition) is 5. The summed E-state index contributed by atoms with van der Waals surface area (Å²) in [6.07, 6.45) is 1.73. The maximum atomic E-state index is 13.9. The molecule has 6 nitrogen and oxygen atoms in total. The number of nitrogens with one attached hydrogen (secondary N) is 1. The molecule has 0 fully saturated rings. The van der Waals surface area contributed by atoms with Gasteiger partial charge >= 0.3 is 0 Å². The Morgan fingerprint density at radius 1 is 1.31 bits per heavy atom. The molecule has 1 N–H and O–H groups in total. The van der Waals surface area contributed by atoms with E-state index in [1.165, 1.54) is 23.9 Å². The van der Waals surface area contributed by atoms with Gasteiger partial charge in [0.1, 0.15) is 11.6 Å². The largest absolute Gasteiger partial charge is 0.497 e. The molecule has 0 aliphatic rings. The Balaban J connectivity index is 1.72. The zero-order valence-electron chi connectivity index (χ0n) is 15.6. The van der Waals surface area contributed by atoms with Gasteiger partial charge in [-0.1, -0.05) is 33.8 Å². The maximum absolute atomic E-state index is 13.9. The lowest BCUT2D eigenvalue weighted by molar-refractivity contribution is -0.113. The zero-order chi connectivity index (χ0) is 20.8. The molecule has 0 radical (unpaired) electrons. The lowest BCUT2D eigenvalue weighted by Crippen LogP contribution is -2.15. The first-order valence-electron chi connectivity index (χ1n) is 8.58. The third-order valence-electron chi connectivity index (χ3n) is 3.91. The van der Waals surface area contributed by atoms with E-state index in [0.717, 1.165) is 11.3 Å². The fourth-order valence-electron chi connectivity index (χ4n) is 2.55. The van der Waals surface area contributed by atoms with Crippen molar-refractivity contribution >= 4 is 39.3 Å². The molecule has 1 heterocycles. The van der Waals surface area contributed by atoms with Crippen LogP contribution in [0.3, 0.4) is 0 Å². The second-order valence-corrected chi connectivity index (χ2v) is 7.75. The first-order chi connectivity index (χ1) is 14.0. The summed E-state index contributed by atoms with van der Waals surface area (Å²) in [4.78, 5) is 12.2. The number of carbonyl (C=O) groups is 1. The number of nitrogens with zero attached hydrogens (tertiary/aromatic N) is 3. The molecule has 0 aliphatic carbocycles. The molecule has 0 atom stereocenters. The standard InChI is InChI=1S/C20H18BrFN4O2S/c1-3-10-26-19(13-4-7-15(28-2)8-5-13)24-25-20(26)29-12-18(27)23-17-9-6-14(21)11-16(17)22/h3-9,11H,1,10,12H2,2H3,(H,23,27). The van der Waals surface area contributed by atoms with Crippen LogP contribution < -0.4 is 10.1 Å². The van der Waals surface area contributed by atoms with Crippen molar-refractivity contribution in [2.75, 3.05) is 18.2 Å². The number of rotatable bonds is 8. The Kier molecular flexibility index (Phi) is 7.05. The predicted octanol–water partition coefficient (Wildman–Crippen LogP) is 4.77. The first kappa shape index (κ1) is 21.1. The smallest absolute Gasteiger partial charge is 0.234 e. The van der Waals surface area contributed by atoms with Crippen LogP contribution in [-0.2, 0) is 11.3 Å². The Bertz CT molecular complexity index is 1020. The second kappa shape index (κ2) is 9.71. The molecule has 0 spiro atoms. The minimum absolute atomic E-state index is 0.0629. The Morgan fingerprint density at radius 3 is 2.72 bits per heavy atom. The van der Waals surface area contributed by atoms with E-state index in [1.54, 1.807) is 19.3 Å². The van der Waals surface area contributed by atoms with E-state index >= 15 is 0 Å². The highest BCUT2D eigenvalue weighted by Crippen LogP contribution is 2.26. The van der Waals surface area contributed by atoms with Crippen molar-refractivity contribution in [3.63, 3.8) is 0 Å². The number of methoxy groups -OCH3 is 1. The third kappa shape index (κ3) is 5.24. The van der Waals surface area contributed by atoms with Crippen LogP contribution in [0.1, 0.15) is 0 Å². The monoisotopic (exact) mass is 476 g/mol. The molecular weight excluding hydrogens is 459 g/mol. The lowest BCUT2D eigenvalue weighted by atomic mass is 10.2. The van der Waals surface area contributed by atoms with Crippen LogP contribution in [-0.4, -0.2) is 33.5 Å². The van der Waals surface area contributed by atoms with Gasteiger partial charge in [-0.25, -0.2) is 4.39 Å². The summed E-state index contributed by atoms with van der Waals surface area (Å²) in [6, 6.07) is 11.9. The van der Waals surface area contributed by atoms with E-state index in [2.05, 4.69) is 38.0 Å². The summed E-state index contributed by atoms with van der Waals surface area (Å²) in [5.41, 5.74) is 0.999. The van der Waals surface area contributed by atoms with Crippen molar-refractivity contribution in [1.82, 2.24) is 14.8 Å². The SMILES string of the molecule is C=CCn1c(SCC(=O)Nc2ccc(Br)cc2F)nnc1-c1ccc(OC)cc1. The molecular formula is C20H18BrFN4O2S. The summed E-state index contributed by atoms with van der Waals surface area (Å²) in [5, 5.41) is 11.6. The Morgan fingerprint density at radius 2 is 2.07 bits per heavy atom. The van der Waals surface area contributed by atoms with E-state index in [4.69, 9.17) is 4.74 Å². The number of anilines is 1. The molecule has 0 aliphatic heterocycles. The highest BCUT2D eigenvalue weighted by atomic mass is 79.9. The van der Waals surface area contributed by atoms with E-state index < -0.39 is 5.82 Å². The van der Waals surface area contributed by atoms with Gasteiger partial charge in [-0.3, -0.25) is 9.36 Å². The number of allylic oxidation sites excluding steroid dienone is 1. The molecule has 29 heavy (non-hydrogen) atoms. The summed E-state index contributed by atoms with van der Waals surface area (Å²) in [5.74, 6) is 0.627. The van der Waals surface area contributed by atoms with E-state index in [9.17, 15) is 9.18 Å². The van der Waals surface area contributed by atoms with Crippen LogP contribution in [0.15, 0.2) is 64.7 Å². The van der Waals surface area contributed by atoms with Crippen LogP contribution in [0.25, 0.3) is 11.4 Å². The summed E-state index contributed by atoms with van der Waals surface area (Å²) < 4.78 is 21.5. The number of hydrogen-bond donors (Lipinski definition) is 1. The molecule has 150 valence electrons. The summed E-state index contributed by atoms with van der Waals surface area (Å²) in [7, 11) is 1.61. The molecule has 3 aromatic rings. The van der Waals surface area contributed by atoms with Gasteiger partial charge in [0.15, 0.2) is 11.0 Å². The quantitative estimate of drug-likeness (QED) is 0.374. The van der Waals surface area contributed by atoms with Crippen molar-refractivity contribution in [2.45, 2.75) is 11.7 Å². The third-order valence-corrected chi connectivity index (χ3v) is 5.37. The highest BCUT2D eigenvalue weighted by molar-refractivity contribution is 9.10.